The molecule has 1 unspecified atom stereocenters. The predicted molar refractivity (Wildman–Crippen MR) is 75.4 cm³/mol. The van der Waals surface area contributed by atoms with Gasteiger partial charge in [-0.05, 0) is 48.0 Å². The number of carboxylic acid groups (broad SMARTS) is 1. The van der Waals surface area contributed by atoms with Crippen LogP contribution >= 0.6 is 0 Å². The Balaban J connectivity index is 5.13. The van der Waals surface area contributed by atoms with Gasteiger partial charge in [0, 0.05) is 0 Å². The summed E-state index contributed by atoms with van der Waals surface area (Å²) in [4.78, 5) is 35.0. The van der Waals surface area contributed by atoms with Gasteiger partial charge >= 0.3 is 17.9 Å². The van der Waals surface area contributed by atoms with Crippen molar-refractivity contribution >= 4 is 17.9 Å². The molecule has 0 bridgehead atoms. The third-order valence-corrected chi connectivity index (χ3v) is 2.19. The van der Waals surface area contributed by atoms with Crippen molar-refractivity contribution in [2.75, 3.05) is 0 Å². The number of carbonyl (C=O) groups excluding carboxylic acids is 2. The average Bonchev–Trinajstić information content (AvgIpc) is 2.19. The molecule has 0 saturated heterocycles. The molecule has 0 aromatic carbocycles. The monoisotopic (exact) mass is 303 g/mol. The minimum absolute atomic E-state index is 0.376. The molecule has 1 atom stereocenters. The van der Waals surface area contributed by atoms with Crippen LogP contribution in [-0.2, 0) is 23.9 Å². The zero-order valence-corrected chi connectivity index (χ0v) is 13.4. The first-order chi connectivity index (χ1) is 9.23. The summed E-state index contributed by atoms with van der Waals surface area (Å²) in [5.74, 6) is -4.34. The molecular formula is C14H25NO6. The van der Waals surface area contributed by atoms with Crippen LogP contribution in [0.15, 0.2) is 0 Å². The molecule has 0 aromatic heterocycles. The molecule has 21 heavy (non-hydrogen) atoms. The van der Waals surface area contributed by atoms with Gasteiger partial charge in [-0.1, -0.05) is 0 Å². The van der Waals surface area contributed by atoms with Gasteiger partial charge in [0.1, 0.15) is 17.2 Å². The van der Waals surface area contributed by atoms with Gasteiger partial charge in [-0.15, -0.1) is 0 Å². The zero-order chi connectivity index (χ0) is 17.0. The molecule has 0 rings (SSSR count). The molecule has 0 radical (unpaired) electrons. The fourth-order valence-electron chi connectivity index (χ4n) is 1.39. The van der Waals surface area contributed by atoms with E-state index in [0.717, 1.165) is 0 Å². The first-order valence-electron chi connectivity index (χ1n) is 6.67. The van der Waals surface area contributed by atoms with Gasteiger partial charge < -0.3 is 20.3 Å². The lowest BCUT2D eigenvalue weighted by Gasteiger charge is -2.26. The molecule has 0 spiro atoms. The van der Waals surface area contributed by atoms with Crippen LogP contribution in [0.5, 0.6) is 0 Å². The second kappa shape index (κ2) is 6.89. The fourth-order valence-corrected chi connectivity index (χ4v) is 1.39. The summed E-state index contributed by atoms with van der Waals surface area (Å²) in [5, 5.41) is 8.83. The van der Waals surface area contributed by atoms with E-state index in [0.29, 0.717) is 0 Å². The summed E-state index contributed by atoms with van der Waals surface area (Å²) in [5.41, 5.74) is 3.80. The third-order valence-electron chi connectivity index (χ3n) is 2.19. The zero-order valence-electron chi connectivity index (χ0n) is 13.4. The van der Waals surface area contributed by atoms with Crippen LogP contribution < -0.4 is 5.73 Å². The molecule has 0 aliphatic heterocycles. The van der Waals surface area contributed by atoms with Crippen molar-refractivity contribution in [3.8, 4) is 0 Å². The highest BCUT2D eigenvalue weighted by molar-refractivity contribution is 5.96. The molecule has 0 amide bonds. The van der Waals surface area contributed by atoms with Crippen molar-refractivity contribution in [1.82, 2.24) is 0 Å². The number of hydrogen-bond acceptors (Lipinski definition) is 6. The van der Waals surface area contributed by atoms with E-state index in [1.807, 2.05) is 0 Å². The quantitative estimate of drug-likeness (QED) is 0.576. The van der Waals surface area contributed by atoms with E-state index in [1.165, 1.54) is 0 Å². The van der Waals surface area contributed by atoms with Crippen LogP contribution in [0.3, 0.4) is 0 Å². The summed E-state index contributed by atoms with van der Waals surface area (Å²) < 4.78 is 10.3. The Morgan fingerprint density at radius 3 is 1.52 bits per heavy atom. The highest BCUT2D eigenvalue weighted by Crippen LogP contribution is 2.19. The number of aliphatic carboxylic acids is 1. The second-order valence-corrected chi connectivity index (χ2v) is 6.80. The van der Waals surface area contributed by atoms with Gasteiger partial charge in [-0.2, -0.15) is 0 Å². The standard InChI is InChI=1S/C14H25NO6/c1-13(2,3)20-11(18)8(7-9(15)10(16)17)12(19)21-14(4,5)6/h8-9H,7,15H2,1-6H3,(H,16,17). The van der Waals surface area contributed by atoms with Gasteiger partial charge in [0.2, 0.25) is 0 Å². The van der Waals surface area contributed by atoms with Crippen molar-refractivity contribution < 1.29 is 29.0 Å². The van der Waals surface area contributed by atoms with Crippen LogP contribution in [0, 0.1) is 5.92 Å². The smallest absolute Gasteiger partial charge is 0.320 e. The minimum atomic E-state index is -1.37. The van der Waals surface area contributed by atoms with E-state index >= 15 is 0 Å². The average molecular weight is 303 g/mol. The number of esters is 2. The molecule has 7 nitrogen and oxygen atoms in total. The molecule has 0 aliphatic carbocycles. The van der Waals surface area contributed by atoms with Crippen LogP contribution in [0.1, 0.15) is 48.0 Å². The number of carboxylic acids is 1. The SMILES string of the molecule is CC(C)(C)OC(=O)C(CC(N)C(=O)O)C(=O)OC(C)(C)C. The Labute approximate surface area is 124 Å². The summed E-state index contributed by atoms with van der Waals surface area (Å²) >= 11 is 0. The Kier molecular flexibility index (Phi) is 6.35. The molecule has 3 N–H and O–H groups in total. The maximum atomic E-state index is 12.1. The van der Waals surface area contributed by atoms with Crippen LogP contribution in [0.25, 0.3) is 0 Å². The number of carbonyl (C=O) groups is 3. The largest absolute Gasteiger partial charge is 0.480 e. The number of ether oxygens (including phenoxy) is 2. The van der Waals surface area contributed by atoms with Gasteiger partial charge in [-0.25, -0.2) is 0 Å². The van der Waals surface area contributed by atoms with Crippen molar-refractivity contribution in [1.29, 1.82) is 0 Å². The highest BCUT2D eigenvalue weighted by Gasteiger charge is 2.37. The second-order valence-electron chi connectivity index (χ2n) is 6.80. The topological polar surface area (TPSA) is 116 Å². The van der Waals surface area contributed by atoms with Crippen LogP contribution in [0.4, 0.5) is 0 Å². The van der Waals surface area contributed by atoms with Gasteiger partial charge in [0.25, 0.3) is 0 Å². The molecule has 122 valence electrons. The van der Waals surface area contributed by atoms with Crippen molar-refractivity contribution in [2.45, 2.75) is 65.2 Å². The Bertz CT molecular complexity index is 377. The van der Waals surface area contributed by atoms with Crippen LogP contribution in [0.2, 0.25) is 0 Å². The first kappa shape index (κ1) is 19.4. The van der Waals surface area contributed by atoms with Gasteiger partial charge in [0.15, 0.2) is 5.92 Å². The lowest BCUT2D eigenvalue weighted by atomic mass is 9.99. The minimum Gasteiger partial charge on any atom is -0.480 e. The third kappa shape index (κ3) is 8.29. The molecule has 7 heteroatoms. The van der Waals surface area contributed by atoms with E-state index in [9.17, 15) is 14.4 Å². The van der Waals surface area contributed by atoms with E-state index < -0.39 is 41.1 Å². The molecule has 0 aromatic rings. The van der Waals surface area contributed by atoms with E-state index in [2.05, 4.69) is 0 Å². The molecular weight excluding hydrogens is 278 g/mol. The summed E-state index contributed by atoms with van der Waals surface area (Å²) in [7, 11) is 0. The molecule has 0 aliphatic rings. The molecule has 0 saturated carbocycles. The summed E-state index contributed by atoms with van der Waals surface area (Å²) in [6, 6.07) is -1.35. The normalized spacial score (nSPS) is 13.7. The van der Waals surface area contributed by atoms with Crippen molar-refractivity contribution in [3.63, 3.8) is 0 Å². The fraction of sp³-hybridized carbons (Fsp3) is 0.786. The Morgan fingerprint density at radius 2 is 1.29 bits per heavy atom. The van der Waals surface area contributed by atoms with Gasteiger partial charge in [-0.3, -0.25) is 14.4 Å². The lowest BCUT2D eigenvalue weighted by Crippen LogP contribution is -2.42. The number of nitrogens with two attached hydrogens (primary N) is 1. The first-order valence-corrected chi connectivity index (χ1v) is 6.67. The van der Waals surface area contributed by atoms with Crippen LogP contribution in [-0.4, -0.2) is 40.3 Å². The molecule has 0 heterocycles. The Morgan fingerprint density at radius 1 is 0.952 bits per heavy atom. The maximum absolute atomic E-state index is 12.1. The molecule has 0 fully saturated rings. The highest BCUT2D eigenvalue weighted by atomic mass is 16.6. The number of rotatable bonds is 5. The van der Waals surface area contributed by atoms with Gasteiger partial charge in [0.05, 0.1) is 0 Å². The predicted octanol–water partition coefficient (Wildman–Crippen LogP) is 1.09. The number of hydrogen-bond donors (Lipinski definition) is 2. The Hall–Kier alpha value is -1.63. The summed E-state index contributed by atoms with van der Waals surface area (Å²) in [6.45, 7) is 9.88. The van der Waals surface area contributed by atoms with Crippen molar-refractivity contribution in [3.05, 3.63) is 0 Å². The lowest BCUT2D eigenvalue weighted by molar-refractivity contribution is -0.175. The summed E-state index contributed by atoms with van der Waals surface area (Å²) in [6.07, 6.45) is -0.376. The maximum Gasteiger partial charge on any atom is 0.320 e. The van der Waals surface area contributed by atoms with E-state index in [4.69, 9.17) is 20.3 Å². The van der Waals surface area contributed by atoms with E-state index in [1.54, 1.807) is 41.5 Å². The van der Waals surface area contributed by atoms with Crippen molar-refractivity contribution in [2.24, 2.45) is 11.7 Å². The van der Waals surface area contributed by atoms with E-state index in [-0.39, 0.29) is 6.42 Å².